The lowest BCUT2D eigenvalue weighted by Crippen LogP contribution is -2.05. The van der Waals surface area contributed by atoms with E-state index >= 15 is 0 Å². The van der Waals surface area contributed by atoms with Crippen LogP contribution in [-0.4, -0.2) is 26.5 Å². The lowest BCUT2D eigenvalue weighted by atomic mass is 10.1. The molecule has 0 bridgehead atoms. The van der Waals surface area contributed by atoms with Gasteiger partial charge in [0.2, 0.25) is 0 Å². The van der Waals surface area contributed by atoms with Crippen molar-refractivity contribution in [3.8, 4) is 5.75 Å². The van der Waals surface area contributed by atoms with E-state index in [1.165, 1.54) is 0 Å². The molecule has 0 saturated heterocycles. The molecule has 0 fully saturated rings. The minimum absolute atomic E-state index is 0.173. The Balaban J connectivity index is 2.53. The smallest absolute Gasteiger partial charge is 0.306 e. The van der Waals surface area contributed by atoms with Gasteiger partial charge < -0.3 is 14.2 Å². The summed E-state index contributed by atoms with van der Waals surface area (Å²) in [5, 5.41) is 0. The van der Waals surface area contributed by atoms with Crippen molar-refractivity contribution in [2.24, 2.45) is 0 Å². The highest BCUT2D eigenvalue weighted by molar-refractivity contribution is 9.10. The summed E-state index contributed by atoms with van der Waals surface area (Å²) in [7, 11) is 1.57. The minimum atomic E-state index is -0.173. The van der Waals surface area contributed by atoms with E-state index in [1.54, 1.807) is 14.0 Å². The molecule has 5 heteroatoms. The summed E-state index contributed by atoms with van der Waals surface area (Å²) in [5.41, 5.74) is 1.06. The highest BCUT2D eigenvalue weighted by atomic mass is 79.9. The second-order valence-corrected chi connectivity index (χ2v) is 4.47. The van der Waals surface area contributed by atoms with Crippen LogP contribution in [0.4, 0.5) is 0 Å². The van der Waals surface area contributed by atoms with Crippen LogP contribution in [0.3, 0.4) is 0 Å². The molecule has 4 nitrogen and oxygen atoms in total. The van der Waals surface area contributed by atoms with E-state index in [9.17, 15) is 4.79 Å². The molecular weight excluding hydrogens is 300 g/mol. The predicted octanol–water partition coefficient (Wildman–Crippen LogP) is 2.93. The third kappa shape index (κ3) is 5.06. The first-order chi connectivity index (χ1) is 8.67. The Bertz CT molecular complexity index is 393. The highest BCUT2D eigenvalue weighted by Gasteiger charge is 2.06. The normalized spacial score (nSPS) is 10.2. The molecule has 18 heavy (non-hydrogen) atoms. The van der Waals surface area contributed by atoms with Gasteiger partial charge in [-0.25, -0.2) is 0 Å². The number of ether oxygens (including phenoxy) is 3. The van der Waals surface area contributed by atoms with Crippen LogP contribution in [-0.2, 0) is 20.7 Å². The first-order valence-electron chi connectivity index (χ1n) is 5.73. The zero-order valence-electron chi connectivity index (χ0n) is 10.6. The van der Waals surface area contributed by atoms with Crippen LogP contribution >= 0.6 is 15.9 Å². The average Bonchev–Trinajstić information content (AvgIpc) is 2.35. The monoisotopic (exact) mass is 316 g/mol. The van der Waals surface area contributed by atoms with Crippen molar-refractivity contribution in [1.29, 1.82) is 0 Å². The maximum absolute atomic E-state index is 11.2. The van der Waals surface area contributed by atoms with Crippen molar-refractivity contribution in [3.05, 3.63) is 28.2 Å². The number of benzene rings is 1. The summed E-state index contributed by atoms with van der Waals surface area (Å²) < 4.78 is 15.9. The van der Waals surface area contributed by atoms with Gasteiger partial charge in [-0.2, -0.15) is 0 Å². The van der Waals surface area contributed by atoms with Crippen LogP contribution in [0.1, 0.15) is 18.9 Å². The summed E-state index contributed by atoms with van der Waals surface area (Å²) in [5.74, 6) is 0.546. The number of aryl methyl sites for hydroxylation is 1. The molecule has 0 aliphatic heterocycles. The van der Waals surface area contributed by atoms with Crippen LogP contribution < -0.4 is 4.74 Å². The second-order valence-electron chi connectivity index (χ2n) is 3.62. The summed E-state index contributed by atoms with van der Waals surface area (Å²) in [6.07, 6.45) is 1.04. The number of hydrogen-bond acceptors (Lipinski definition) is 4. The molecule has 0 aliphatic carbocycles. The quantitative estimate of drug-likeness (QED) is 0.573. The van der Waals surface area contributed by atoms with E-state index in [0.29, 0.717) is 19.4 Å². The number of halogens is 1. The molecule has 100 valence electrons. The fourth-order valence-electron chi connectivity index (χ4n) is 1.42. The number of esters is 1. The van der Waals surface area contributed by atoms with Gasteiger partial charge in [0.25, 0.3) is 0 Å². The SMILES string of the molecule is CCOC(=O)CCc1ccc(OCOC)c(Br)c1. The molecule has 0 atom stereocenters. The zero-order chi connectivity index (χ0) is 13.4. The van der Waals surface area contributed by atoms with E-state index in [0.717, 1.165) is 15.8 Å². The topological polar surface area (TPSA) is 44.8 Å². The molecule has 0 spiro atoms. The fraction of sp³-hybridized carbons (Fsp3) is 0.462. The Morgan fingerprint density at radius 1 is 1.39 bits per heavy atom. The van der Waals surface area contributed by atoms with Crippen LogP contribution in [0.5, 0.6) is 5.75 Å². The average molecular weight is 317 g/mol. The van der Waals surface area contributed by atoms with Gasteiger partial charge in [-0.3, -0.25) is 4.79 Å². The second kappa shape index (κ2) is 8.11. The van der Waals surface area contributed by atoms with Crippen molar-refractivity contribution in [1.82, 2.24) is 0 Å². The maximum Gasteiger partial charge on any atom is 0.306 e. The lowest BCUT2D eigenvalue weighted by molar-refractivity contribution is -0.143. The Kier molecular flexibility index (Phi) is 6.75. The van der Waals surface area contributed by atoms with Crippen LogP contribution in [0.2, 0.25) is 0 Å². The first-order valence-corrected chi connectivity index (χ1v) is 6.52. The molecule has 0 radical (unpaired) electrons. The van der Waals surface area contributed by atoms with Gasteiger partial charge in [0.15, 0.2) is 6.79 Å². The van der Waals surface area contributed by atoms with Crippen LogP contribution in [0, 0.1) is 0 Å². The lowest BCUT2D eigenvalue weighted by Gasteiger charge is -2.08. The van der Waals surface area contributed by atoms with Crippen molar-refractivity contribution in [2.45, 2.75) is 19.8 Å². The summed E-state index contributed by atoms with van der Waals surface area (Å²) in [6.45, 7) is 2.43. The fourth-order valence-corrected chi connectivity index (χ4v) is 1.96. The Labute approximate surface area is 115 Å². The molecule has 0 aromatic heterocycles. The molecule has 0 unspecified atom stereocenters. The molecular formula is C13H17BrO4. The third-order valence-corrected chi connectivity index (χ3v) is 2.87. The molecule has 1 aromatic rings. The molecule has 0 heterocycles. The van der Waals surface area contributed by atoms with Gasteiger partial charge in [0.1, 0.15) is 5.75 Å². The summed E-state index contributed by atoms with van der Waals surface area (Å²) in [6, 6.07) is 5.71. The third-order valence-electron chi connectivity index (χ3n) is 2.25. The summed E-state index contributed by atoms with van der Waals surface area (Å²) >= 11 is 3.42. The number of rotatable bonds is 7. The largest absolute Gasteiger partial charge is 0.466 e. The van der Waals surface area contributed by atoms with E-state index in [4.69, 9.17) is 14.2 Å². The Morgan fingerprint density at radius 3 is 2.78 bits per heavy atom. The Morgan fingerprint density at radius 2 is 2.17 bits per heavy atom. The van der Waals surface area contributed by atoms with Gasteiger partial charge in [-0.1, -0.05) is 6.07 Å². The highest BCUT2D eigenvalue weighted by Crippen LogP contribution is 2.26. The van der Waals surface area contributed by atoms with E-state index in [1.807, 2.05) is 18.2 Å². The van der Waals surface area contributed by atoms with Crippen LogP contribution in [0.25, 0.3) is 0 Å². The van der Waals surface area contributed by atoms with Gasteiger partial charge in [-0.05, 0) is 47.0 Å². The molecule has 1 aromatic carbocycles. The van der Waals surface area contributed by atoms with Crippen molar-refractivity contribution < 1.29 is 19.0 Å². The van der Waals surface area contributed by atoms with Crippen molar-refractivity contribution in [3.63, 3.8) is 0 Å². The zero-order valence-corrected chi connectivity index (χ0v) is 12.2. The van der Waals surface area contributed by atoms with Crippen molar-refractivity contribution in [2.75, 3.05) is 20.5 Å². The molecule has 0 saturated carbocycles. The number of hydrogen-bond donors (Lipinski definition) is 0. The van der Waals surface area contributed by atoms with E-state index in [-0.39, 0.29) is 12.8 Å². The molecule has 1 rings (SSSR count). The number of carbonyl (C=O) groups is 1. The van der Waals surface area contributed by atoms with Gasteiger partial charge in [-0.15, -0.1) is 0 Å². The first kappa shape index (κ1) is 15.0. The number of carbonyl (C=O) groups excluding carboxylic acids is 1. The number of methoxy groups -OCH3 is 1. The van der Waals surface area contributed by atoms with E-state index in [2.05, 4.69) is 15.9 Å². The van der Waals surface area contributed by atoms with E-state index < -0.39 is 0 Å². The van der Waals surface area contributed by atoms with Crippen LogP contribution in [0.15, 0.2) is 22.7 Å². The molecule has 0 aliphatic rings. The maximum atomic E-state index is 11.2. The minimum Gasteiger partial charge on any atom is -0.466 e. The Hall–Kier alpha value is -1.07. The van der Waals surface area contributed by atoms with Gasteiger partial charge in [0, 0.05) is 13.5 Å². The van der Waals surface area contributed by atoms with Gasteiger partial charge in [0.05, 0.1) is 11.1 Å². The molecule has 0 amide bonds. The van der Waals surface area contributed by atoms with Gasteiger partial charge >= 0.3 is 5.97 Å². The predicted molar refractivity (Wildman–Crippen MR) is 71.6 cm³/mol. The molecule has 0 N–H and O–H groups in total. The summed E-state index contributed by atoms with van der Waals surface area (Å²) in [4.78, 5) is 11.2. The van der Waals surface area contributed by atoms with Crippen molar-refractivity contribution >= 4 is 21.9 Å². The standard InChI is InChI=1S/C13H17BrO4/c1-3-17-13(15)7-5-10-4-6-12(11(14)8-10)18-9-16-2/h4,6,8H,3,5,7,9H2,1-2H3.